The topological polar surface area (TPSA) is 81.4 Å². The highest BCUT2D eigenvalue weighted by Crippen LogP contribution is 2.59. The van der Waals surface area contributed by atoms with Crippen LogP contribution in [0, 0.1) is 23.2 Å². The molecule has 0 aliphatic heterocycles. The van der Waals surface area contributed by atoms with Crippen molar-refractivity contribution < 1.29 is 14.3 Å². The minimum absolute atomic E-state index is 0.0866. The molecule has 4 aliphatic rings. The molecule has 25 heavy (non-hydrogen) atoms. The number of amides is 2. The van der Waals surface area contributed by atoms with Gasteiger partial charge in [-0.15, -0.1) is 0 Å². The fourth-order valence-electron chi connectivity index (χ4n) is 5.78. The molecule has 3 N–H and O–H groups in total. The first-order valence-electron chi connectivity index (χ1n) is 9.31. The van der Waals surface area contributed by atoms with Crippen LogP contribution >= 0.6 is 0 Å². The van der Waals surface area contributed by atoms with Crippen molar-refractivity contribution in [2.75, 3.05) is 13.2 Å². The van der Waals surface area contributed by atoms with Gasteiger partial charge in [0, 0.05) is 6.54 Å². The number of benzene rings is 1. The summed E-state index contributed by atoms with van der Waals surface area (Å²) in [6, 6.07) is 6.74. The average Bonchev–Trinajstić information content (AvgIpc) is 2.57. The number of carbonyl (C=O) groups is 2. The summed E-state index contributed by atoms with van der Waals surface area (Å²) in [5.41, 5.74) is 5.95. The SMILES string of the molecule is NC(=O)c1ccccc1OCC(=O)NCC12CC3CC(CC(C3)C1)C2. The van der Waals surface area contributed by atoms with E-state index in [1.807, 2.05) is 0 Å². The molecule has 5 rings (SSSR count). The third-order valence-electron chi connectivity index (χ3n) is 6.34. The summed E-state index contributed by atoms with van der Waals surface area (Å²) < 4.78 is 5.52. The minimum Gasteiger partial charge on any atom is -0.483 e. The highest BCUT2D eigenvalue weighted by atomic mass is 16.5. The largest absolute Gasteiger partial charge is 0.483 e. The van der Waals surface area contributed by atoms with Crippen molar-refractivity contribution in [3.63, 3.8) is 0 Å². The van der Waals surface area contributed by atoms with Crippen molar-refractivity contribution in [2.45, 2.75) is 38.5 Å². The fraction of sp³-hybridized carbons (Fsp3) is 0.600. The van der Waals surface area contributed by atoms with E-state index in [2.05, 4.69) is 5.32 Å². The zero-order valence-corrected chi connectivity index (χ0v) is 14.5. The Morgan fingerprint density at radius 2 is 1.68 bits per heavy atom. The van der Waals surface area contributed by atoms with Crippen LogP contribution < -0.4 is 15.8 Å². The van der Waals surface area contributed by atoms with Crippen LogP contribution in [-0.2, 0) is 4.79 Å². The molecule has 0 saturated heterocycles. The number of hydrogen-bond acceptors (Lipinski definition) is 3. The van der Waals surface area contributed by atoms with Crippen molar-refractivity contribution in [1.82, 2.24) is 5.32 Å². The number of ether oxygens (including phenoxy) is 1. The molecule has 1 aromatic rings. The standard InChI is InChI=1S/C20H26N2O3/c21-19(24)16-3-1-2-4-17(16)25-11-18(23)22-12-20-8-13-5-14(9-20)7-15(6-13)10-20/h1-4,13-15H,5-12H2,(H2,21,24)(H,22,23). The van der Waals surface area contributed by atoms with Crippen LogP contribution in [0.4, 0.5) is 0 Å². The minimum atomic E-state index is -0.551. The van der Waals surface area contributed by atoms with E-state index in [4.69, 9.17) is 10.5 Å². The normalized spacial score (nSPS) is 32.4. The summed E-state index contributed by atoms with van der Waals surface area (Å²) in [5, 5.41) is 3.08. The molecule has 4 bridgehead atoms. The molecule has 0 heterocycles. The van der Waals surface area contributed by atoms with Crippen LogP contribution in [0.25, 0.3) is 0 Å². The molecule has 4 saturated carbocycles. The maximum Gasteiger partial charge on any atom is 0.257 e. The van der Waals surface area contributed by atoms with Crippen LogP contribution in [0.5, 0.6) is 5.75 Å². The quantitative estimate of drug-likeness (QED) is 0.833. The third-order valence-corrected chi connectivity index (χ3v) is 6.34. The van der Waals surface area contributed by atoms with Crippen LogP contribution in [-0.4, -0.2) is 25.0 Å². The van der Waals surface area contributed by atoms with Gasteiger partial charge in [0.25, 0.3) is 11.8 Å². The second-order valence-corrected chi connectivity index (χ2v) is 8.34. The van der Waals surface area contributed by atoms with Gasteiger partial charge in [0.2, 0.25) is 0 Å². The smallest absolute Gasteiger partial charge is 0.257 e. The summed E-state index contributed by atoms with van der Waals surface area (Å²) in [6.45, 7) is 0.673. The zero-order valence-electron chi connectivity index (χ0n) is 14.5. The maximum absolute atomic E-state index is 12.2. The molecule has 0 radical (unpaired) electrons. The molecule has 4 aliphatic carbocycles. The predicted molar refractivity (Wildman–Crippen MR) is 94.1 cm³/mol. The van der Waals surface area contributed by atoms with Gasteiger partial charge < -0.3 is 15.8 Å². The van der Waals surface area contributed by atoms with Gasteiger partial charge in [0.1, 0.15) is 5.75 Å². The van der Waals surface area contributed by atoms with Gasteiger partial charge in [-0.2, -0.15) is 0 Å². The number of nitrogens with two attached hydrogens (primary N) is 1. The Morgan fingerprint density at radius 1 is 1.08 bits per heavy atom. The van der Waals surface area contributed by atoms with Gasteiger partial charge in [-0.05, 0) is 73.8 Å². The lowest BCUT2D eigenvalue weighted by Gasteiger charge is -2.56. The van der Waals surface area contributed by atoms with Crippen LogP contribution in [0.15, 0.2) is 24.3 Å². The number of nitrogens with one attached hydrogen (secondary N) is 1. The van der Waals surface area contributed by atoms with E-state index in [1.165, 1.54) is 38.5 Å². The highest BCUT2D eigenvalue weighted by Gasteiger charge is 2.50. The van der Waals surface area contributed by atoms with Crippen molar-refractivity contribution in [3.8, 4) is 5.75 Å². The van der Waals surface area contributed by atoms with Gasteiger partial charge >= 0.3 is 0 Å². The fourth-order valence-corrected chi connectivity index (χ4v) is 5.78. The first-order valence-corrected chi connectivity index (χ1v) is 9.31. The lowest BCUT2D eigenvalue weighted by Crippen LogP contribution is -2.51. The lowest BCUT2D eigenvalue weighted by molar-refractivity contribution is -0.125. The molecule has 5 nitrogen and oxygen atoms in total. The van der Waals surface area contributed by atoms with E-state index < -0.39 is 5.91 Å². The molecule has 2 amide bonds. The molecular formula is C20H26N2O3. The van der Waals surface area contributed by atoms with Crippen LogP contribution in [0.2, 0.25) is 0 Å². The van der Waals surface area contributed by atoms with Crippen LogP contribution in [0.3, 0.4) is 0 Å². The molecule has 0 unspecified atom stereocenters. The van der Waals surface area contributed by atoms with E-state index in [9.17, 15) is 9.59 Å². The number of hydrogen-bond donors (Lipinski definition) is 2. The molecule has 4 fully saturated rings. The monoisotopic (exact) mass is 342 g/mol. The first-order chi connectivity index (χ1) is 12.0. The Labute approximate surface area is 148 Å². The first kappa shape index (κ1) is 16.4. The second-order valence-electron chi connectivity index (χ2n) is 8.34. The van der Waals surface area contributed by atoms with Gasteiger partial charge in [-0.25, -0.2) is 0 Å². The molecular weight excluding hydrogens is 316 g/mol. The van der Waals surface area contributed by atoms with Gasteiger partial charge in [-0.1, -0.05) is 12.1 Å². The Morgan fingerprint density at radius 3 is 2.28 bits per heavy atom. The Bertz CT molecular complexity index is 650. The number of rotatable bonds is 6. The second kappa shape index (κ2) is 6.36. The maximum atomic E-state index is 12.2. The predicted octanol–water partition coefficient (Wildman–Crippen LogP) is 2.50. The summed E-state index contributed by atoms with van der Waals surface area (Å²) in [4.78, 5) is 23.6. The molecule has 1 aromatic carbocycles. The molecule has 5 heteroatoms. The average molecular weight is 342 g/mol. The number of para-hydroxylation sites is 1. The van der Waals surface area contributed by atoms with E-state index in [1.54, 1.807) is 24.3 Å². The number of carbonyl (C=O) groups excluding carboxylic acids is 2. The summed E-state index contributed by atoms with van der Waals surface area (Å²) >= 11 is 0. The van der Waals surface area contributed by atoms with Gasteiger partial charge in [0.15, 0.2) is 6.61 Å². The number of primary amides is 1. The summed E-state index contributed by atoms with van der Waals surface area (Å²) in [5.74, 6) is 2.31. The summed E-state index contributed by atoms with van der Waals surface area (Å²) in [6.07, 6.45) is 8.01. The Kier molecular flexibility index (Phi) is 4.18. The van der Waals surface area contributed by atoms with Crippen LogP contribution in [0.1, 0.15) is 48.9 Å². The molecule has 0 atom stereocenters. The van der Waals surface area contributed by atoms with E-state index in [-0.39, 0.29) is 12.5 Å². The van der Waals surface area contributed by atoms with Crippen molar-refractivity contribution in [2.24, 2.45) is 28.9 Å². The molecule has 0 spiro atoms. The van der Waals surface area contributed by atoms with E-state index >= 15 is 0 Å². The van der Waals surface area contributed by atoms with Crippen molar-refractivity contribution in [3.05, 3.63) is 29.8 Å². The van der Waals surface area contributed by atoms with Gasteiger partial charge in [0.05, 0.1) is 5.56 Å². The molecule has 134 valence electrons. The van der Waals surface area contributed by atoms with E-state index in [0.29, 0.717) is 16.7 Å². The van der Waals surface area contributed by atoms with Crippen molar-refractivity contribution >= 4 is 11.8 Å². The third kappa shape index (κ3) is 3.37. The summed E-state index contributed by atoms with van der Waals surface area (Å²) in [7, 11) is 0. The zero-order chi connectivity index (χ0) is 17.4. The molecule has 0 aromatic heterocycles. The Balaban J connectivity index is 1.31. The lowest BCUT2D eigenvalue weighted by atomic mass is 9.49. The van der Waals surface area contributed by atoms with Gasteiger partial charge in [-0.3, -0.25) is 9.59 Å². The van der Waals surface area contributed by atoms with Crippen molar-refractivity contribution in [1.29, 1.82) is 0 Å². The van der Waals surface area contributed by atoms with E-state index in [0.717, 1.165) is 24.3 Å². The highest BCUT2D eigenvalue weighted by molar-refractivity contribution is 5.95. The Hall–Kier alpha value is -2.04.